The summed E-state index contributed by atoms with van der Waals surface area (Å²) in [5.41, 5.74) is 3.93. The second-order valence-corrected chi connectivity index (χ2v) is 5.43. The Labute approximate surface area is 119 Å². The average Bonchev–Trinajstić information content (AvgIpc) is 2.38. The predicted molar refractivity (Wildman–Crippen MR) is 79.9 cm³/mol. The van der Waals surface area contributed by atoms with Crippen molar-refractivity contribution in [1.29, 1.82) is 0 Å². The molecule has 0 spiro atoms. The molecule has 3 heteroatoms. The third-order valence-corrected chi connectivity index (χ3v) is 3.21. The highest BCUT2D eigenvalue weighted by molar-refractivity contribution is 5.89. The van der Waals surface area contributed by atoms with Gasteiger partial charge in [-0.3, -0.25) is 4.98 Å². The summed E-state index contributed by atoms with van der Waals surface area (Å²) in [6.07, 6.45) is 1.06. The van der Waals surface area contributed by atoms with Crippen LogP contribution in [0.5, 0.6) is 0 Å². The first-order chi connectivity index (χ1) is 9.47. The molecule has 0 radical (unpaired) electrons. The Morgan fingerprint density at radius 2 is 1.80 bits per heavy atom. The first-order valence-corrected chi connectivity index (χ1v) is 6.77. The Hall–Kier alpha value is -2.16. The molecule has 2 rings (SSSR count). The van der Waals surface area contributed by atoms with E-state index >= 15 is 0 Å². The molecule has 0 unspecified atom stereocenters. The van der Waals surface area contributed by atoms with E-state index in [1.807, 2.05) is 12.1 Å². The van der Waals surface area contributed by atoms with E-state index < -0.39 is 5.97 Å². The highest BCUT2D eigenvalue weighted by Gasteiger charge is 2.09. The van der Waals surface area contributed by atoms with E-state index in [-0.39, 0.29) is 5.56 Å². The molecular weight excluding hydrogens is 250 g/mol. The number of aromatic nitrogens is 1. The molecule has 0 fully saturated rings. The van der Waals surface area contributed by atoms with Crippen LogP contribution in [0.2, 0.25) is 0 Å². The van der Waals surface area contributed by atoms with Crippen LogP contribution in [0.4, 0.5) is 0 Å². The zero-order valence-electron chi connectivity index (χ0n) is 12.1. The lowest BCUT2D eigenvalue weighted by Gasteiger charge is -2.07. The summed E-state index contributed by atoms with van der Waals surface area (Å²) in [5, 5.41) is 9.01. The normalized spacial score (nSPS) is 10.8. The van der Waals surface area contributed by atoms with E-state index in [9.17, 15) is 4.79 Å². The van der Waals surface area contributed by atoms with Crippen LogP contribution >= 0.6 is 0 Å². The second-order valence-electron chi connectivity index (χ2n) is 5.43. The van der Waals surface area contributed by atoms with E-state index in [2.05, 4.69) is 31.0 Å². The SMILES string of the molecule is Cc1nc(-c2ccc(CC(C)C)cc2)ccc1C(=O)O. The molecule has 20 heavy (non-hydrogen) atoms. The van der Waals surface area contributed by atoms with Crippen LogP contribution in [0, 0.1) is 12.8 Å². The first kappa shape index (κ1) is 14.3. The van der Waals surface area contributed by atoms with Gasteiger partial charge in [0, 0.05) is 5.56 Å². The molecule has 1 aromatic heterocycles. The van der Waals surface area contributed by atoms with Gasteiger partial charge in [-0.25, -0.2) is 4.79 Å². The van der Waals surface area contributed by atoms with Crippen molar-refractivity contribution in [3.63, 3.8) is 0 Å². The van der Waals surface area contributed by atoms with Gasteiger partial charge < -0.3 is 5.11 Å². The minimum atomic E-state index is -0.936. The molecule has 104 valence electrons. The van der Waals surface area contributed by atoms with Gasteiger partial charge in [-0.1, -0.05) is 38.1 Å². The monoisotopic (exact) mass is 269 g/mol. The van der Waals surface area contributed by atoms with Crippen molar-refractivity contribution in [3.8, 4) is 11.3 Å². The van der Waals surface area contributed by atoms with Gasteiger partial charge in [0.2, 0.25) is 0 Å². The Bertz CT molecular complexity index is 615. The smallest absolute Gasteiger partial charge is 0.337 e. The number of carbonyl (C=O) groups is 1. The van der Waals surface area contributed by atoms with Gasteiger partial charge in [0.15, 0.2) is 0 Å². The number of rotatable bonds is 4. The summed E-state index contributed by atoms with van der Waals surface area (Å²) in [6, 6.07) is 11.7. The Balaban J connectivity index is 2.28. The quantitative estimate of drug-likeness (QED) is 0.914. The molecule has 1 heterocycles. The van der Waals surface area contributed by atoms with Crippen LogP contribution in [0.25, 0.3) is 11.3 Å². The topological polar surface area (TPSA) is 50.2 Å². The molecule has 3 nitrogen and oxygen atoms in total. The highest BCUT2D eigenvalue weighted by atomic mass is 16.4. The van der Waals surface area contributed by atoms with E-state index in [0.29, 0.717) is 11.6 Å². The van der Waals surface area contributed by atoms with Gasteiger partial charge >= 0.3 is 5.97 Å². The zero-order valence-corrected chi connectivity index (χ0v) is 12.1. The summed E-state index contributed by atoms with van der Waals surface area (Å²) in [5.74, 6) is -0.301. The number of aryl methyl sites for hydroxylation is 1. The zero-order chi connectivity index (χ0) is 14.7. The first-order valence-electron chi connectivity index (χ1n) is 6.77. The van der Waals surface area contributed by atoms with Crippen LogP contribution in [-0.4, -0.2) is 16.1 Å². The van der Waals surface area contributed by atoms with E-state index in [1.165, 1.54) is 5.56 Å². The van der Waals surface area contributed by atoms with Crippen molar-refractivity contribution >= 4 is 5.97 Å². The number of carboxylic acid groups (broad SMARTS) is 1. The van der Waals surface area contributed by atoms with E-state index in [0.717, 1.165) is 17.7 Å². The molecule has 0 aliphatic rings. The third kappa shape index (κ3) is 3.23. The lowest BCUT2D eigenvalue weighted by molar-refractivity contribution is 0.0695. The van der Waals surface area contributed by atoms with Crippen LogP contribution in [0.15, 0.2) is 36.4 Å². The van der Waals surface area contributed by atoms with Crippen molar-refractivity contribution in [2.24, 2.45) is 5.92 Å². The standard InChI is InChI=1S/C17H19NO2/c1-11(2)10-13-4-6-14(7-5-13)16-9-8-15(17(19)20)12(3)18-16/h4-9,11H,10H2,1-3H3,(H,19,20). The number of hydrogen-bond donors (Lipinski definition) is 1. The molecule has 0 amide bonds. The van der Waals surface area contributed by atoms with Gasteiger partial charge in [-0.05, 0) is 37.0 Å². The number of benzene rings is 1. The van der Waals surface area contributed by atoms with Crippen molar-refractivity contribution in [2.75, 3.05) is 0 Å². The van der Waals surface area contributed by atoms with Gasteiger partial charge in [0.1, 0.15) is 0 Å². The largest absolute Gasteiger partial charge is 0.478 e. The summed E-state index contributed by atoms with van der Waals surface area (Å²) in [7, 11) is 0. The lowest BCUT2D eigenvalue weighted by atomic mass is 10.0. The fourth-order valence-corrected chi connectivity index (χ4v) is 2.23. The number of pyridine rings is 1. The molecule has 0 bridgehead atoms. The van der Waals surface area contributed by atoms with Gasteiger partial charge in [-0.15, -0.1) is 0 Å². The molecule has 1 aromatic carbocycles. The molecule has 0 atom stereocenters. The van der Waals surface area contributed by atoms with Crippen LogP contribution < -0.4 is 0 Å². The summed E-state index contributed by atoms with van der Waals surface area (Å²) in [6.45, 7) is 6.12. The minimum Gasteiger partial charge on any atom is -0.478 e. The van der Waals surface area contributed by atoms with E-state index in [1.54, 1.807) is 19.1 Å². The maximum atomic E-state index is 11.0. The molecular formula is C17H19NO2. The molecule has 0 saturated carbocycles. The fourth-order valence-electron chi connectivity index (χ4n) is 2.23. The Morgan fingerprint density at radius 1 is 1.15 bits per heavy atom. The van der Waals surface area contributed by atoms with Crippen LogP contribution in [-0.2, 0) is 6.42 Å². The number of carboxylic acids is 1. The van der Waals surface area contributed by atoms with Crippen molar-refractivity contribution in [1.82, 2.24) is 4.98 Å². The molecule has 0 saturated heterocycles. The highest BCUT2D eigenvalue weighted by Crippen LogP contribution is 2.20. The van der Waals surface area contributed by atoms with Gasteiger partial charge in [0.05, 0.1) is 17.0 Å². The Morgan fingerprint density at radius 3 is 2.30 bits per heavy atom. The minimum absolute atomic E-state index is 0.255. The molecule has 0 aliphatic carbocycles. The molecule has 1 N–H and O–H groups in total. The molecule has 0 aliphatic heterocycles. The number of aromatic carboxylic acids is 1. The summed E-state index contributed by atoms with van der Waals surface area (Å²) >= 11 is 0. The predicted octanol–water partition coefficient (Wildman–Crippen LogP) is 3.95. The van der Waals surface area contributed by atoms with Crippen LogP contribution in [0.1, 0.15) is 35.5 Å². The lowest BCUT2D eigenvalue weighted by Crippen LogP contribution is -2.02. The summed E-state index contributed by atoms with van der Waals surface area (Å²) in [4.78, 5) is 15.4. The van der Waals surface area contributed by atoms with Gasteiger partial charge in [-0.2, -0.15) is 0 Å². The number of nitrogens with zero attached hydrogens (tertiary/aromatic N) is 1. The average molecular weight is 269 g/mol. The fraction of sp³-hybridized carbons (Fsp3) is 0.294. The maximum absolute atomic E-state index is 11.0. The van der Waals surface area contributed by atoms with Crippen LogP contribution in [0.3, 0.4) is 0 Å². The third-order valence-electron chi connectivity index (χ3n) is 3.21. The second kappa shape index (κ2) is 5.87. The molecule has 2 aromatic rings. The van der Waals surface area contributed by atoms with Gasteiger partial charge in [0.25, 0.3) is 0 Å². The van der Waals surface area contributed by atoms with Crippen molar-refractivity contribution < 1.29 is 9.90 Å². The number of hydrogen-bond acceptors (Lipinski definition) is 2. The Kier molecular flexibility index (Phi) is 4.18. The van der Waals surface area contributed by atoms with E-state index in [4.69, 9.17) is 5.11 Å². The summed E-state index contributed by atoms with van der Waals surface area (Å²) < 4.78 is 0. The van der Waals surface area contributed by atoms with Crippen molar-refractivity contribution in [2.45, 2.75) is 27.2 Å². The maximum Gasteiger partial charge on any atom is 0.337 e. The van der Waals surface area contributed by atoms with Crippen molar-refractivity contribution in [3.05, 3.63) is 53.2 Å².